The summed E-state index contributed by atoms with van der Waals surface area (Å²) in [5.41, 5.74) is 2.73. The van der Waals surface area contributed by atoms with Crippen LogP contribution >= 0.6 is 0 Å². The largest absolute Gasteiger partial charge is 0.478 e. The van der Waals surface area contributed by atoms with Gasteiger partial charge in [-0.15, -0.1) is 0 Å². The van der Waals surface area contributed by atoms with Gasteiger partial charge in [-0.2, -0.15) is 0 Å². The van der Waals surface area contributed by atoms with Crippen LogP contribution in [0.1, 0.15) is 21.7 Å². The molecule has 3 rings (SSSR count). The zero-order valence-electron chi connectivity index (χ0n) is 9.80. The molecule has 4 heteroatoms. The van der Waals surface area contributed by atoms with Crippen molar-refractivity contribution in [2.45, 2.75) is 13.0 Å². The molecule has 4 nitrogen and oxygen atoms in total. The second-order valence-electron chi connectivity index (χ2n) is 4.36. The van der Waals surface area contributed by atoms with Crippen molar-refractivity contribution in [3.8, 4) is 0 Å². The average Bonchev–Trinajstić information content (AvgIpc) is 2.97. The normalized spacial score (nSPS) is 13.7. The van der Waals surface area contributed by atoms with Gasteiger partial charge in [0.05, 0.1) is 12.8 Å². The van der Waals surface area contributed by atoms with E-state index >= 15 is 0 Å². The highest BCUT2D eigenvalue weighted by atomic mass is 16.4. The van der Waals surface area contributed by atoms with Gasteiger partial charge in [-0.05, 0) is 24.1 Å². The molecule has 0 saturated heterocycles. The Labute approximate surface area is 104 Å². The molecular formula is C14H13NO3. The molecule has 1 aromatic carbocycles. The number of carboxylic acid groups (broad SMARTS) is 1. The standard InChI is InChI=1S/C14H13NO3/c16-14(17)11-6-8-18-13(11)9-15-7-5-10-3-1-2-4-12(10)15/h1-4,6,8H,5,7,9H2,(H,16,17). The first-order valence-corrected chi connectivity index (χ1v) is 5.88. The molecule has 0 unspecified atom stereocenters. The zero-order chi connectivity index (χ0) is 12.5. The van der Waals surface area contributed by atoms with Gasteiger partial charge in [0.25, 0.3) is 0 Å². The minimum absolute atomic E-state index is 0.249. The lowest BCUT2D eigenvalue weighted by Gasteiger charge is -2.18. The van der Waals surface area contributed by atoms with E-state index in [0.717, 1.165) is 13.0 Å². The molecule has 0 amide bonds. The summed E-state index contributed by atoms with van der Waals surface area (Å²) >= 11 is 0. The van der Waals surface area contributed by atoms with Crippen molar-refractivity contribution in [2.75, 3.05) is 11.4 Å². The third-order valence-electron chi connectivity index (χ3n) is 3.29. The number of carboxylic acids is 1. The Hall–Kier alpha value is -2.23. The maximum Gasteiger partial charge on any atom is 0.339 e. The molecule has 0 bridgehead atoms. The quantitative estimate of drug-likeness (QED) is 0.900. The first-order valence-electron chi connectivity index (χ1n) is 5.88. The number of para-hydroxylation sites is 1. The molecule has 1 aromatic heterocycles. The Balaban J connectivity index is 1.86. The minimum Gasteiger partial charge on any atom is -0.478 e. The molecule has 0 saturated carbocycles. The summed E-state index contributed by atoms with van der Waals surface area (Å²) in [5.74, 6) is -0.426. The van der Waals surface area contributed by atoms with Crippen LogP contribution in [0.3, 0.4) is 0 Å². The highest BCUT2D eigenvalue weighted by Crippen LogP contribution is 2.29. The number of hydrogen-bond acceptors (Lipinski definition) is 3. The van der Waals surface area contributed by atoms with Crippen LogP contribution in [0.15, 0.2) is 41.0 Å². The van der Waals surface area contributed by atoms with Crippen LogP contribution in [-0.2, 0) is 13.0 Å². The van der Waals surface area contributed by atoms with Crippen molar-refractivity contribution in [2.24, 2.45) is 0 Å². The van der Waals surface area contributed by atoms with Gasteiger partial charge in [0, 0.05) is 12.2 Å². The molecule has 0 fully saturated rings. The third-order valence-corrected chi connectivity index (χ3v) is 3.29. The fraction of sp³-hybridized carbons (Fsp3) is 0.214. The lowest BCUT2D eigenvalue weighted by atomic mass is 10.2. The van der Waals surface area contributed by atoms with Gasteiger partial charge in [-0.25, -0.2) is 4.79 Å². The summed E-state index contributed by atoms with van der Waals surface area (Å²) in [6.07, 6.45) is 2.43. The van der Waals surface area contributed by atoms with E-state index in [2.05, 4.69) is 17.0 Å². The van der Waals surface area contributed by atoms with Crippen LogP contribution in [0.2, 0.25) is 0 Å². The molecule has 0 aliphatic carbocycles. The topological polar surface area (TPSA) is 53.7 Å². The Morgan fingerprint density at radius 3 is 3.00 bits per heavy atom. The maximum absolute atomic E-state index is 11.0. The van der Waals surface area contributed by atoms with Crippen LogP contribution in [0.5, 0.6) is 0 Å². The van der Waals surface area contributed by atoms with Crippen molar-refractivity contribution >= 4 is 11.7 Å². The zero-order valence-corrected chi connectivity index (χ0v) is 9.80. The van der Waals surface area contributed by atoms with E-state index in [4.69, 9.17) is 9.52 Å². The molecule has 0 spiro atoms. The fourth-order valence-electron chi connectivity index (χ4n) is 2.40. The predicted molar refractivity (Wildman–Crippen MR) is 66.9 cm³/mol. The van der Waals surface area contributed by atoms with Gasteiger partial charge in [0.15, 0.2) is 0 Å². The molecular weight excluding hydrogens is 230 g/mol. The summed E-state index contributed by atoms with van der Waals surface area (Å²) in [6, 6.07) is 9.69. The molecule has 2 heterocycles. The maximum atomic E-state index is 11.0. The lowest BCUT2D eigenvalue weighted by molar-refractivity contribution is 0.0694. The fourth-order valence-corrected chi connectivity index (χ4v) is 2.40. The predicted octanol–water partition coefficient (Wildman–Crippen LogP) is 2.54. The number of anilines is 1. The molecule has 1 N–H and O–H groups in total. The Kier molecular flexibility index (Phi) is 2.55. The molecule has 92 valence electrons. The van der Waals surface area contributed by atoms with Crippen LogP contribution in [-0.4, -0.2) is 17.6 Å². The first kappa shape index (κ1) is 10.9. The highest BCUT2D eigenvalue weighted by molar-refractivity contribution is 5.88. The van der Waals surface area contributed by atoms with Gasteiger partial charge in [-0.3, -0.25) is 0 Å². The van der Waals surface area contributed by atoms with Crippen molar-refractivity contribution < 1.29 is 14.3 Å². The first-order chi connectivity index (χ1) is 8.75. The number of rotatable bonds is 3. The number of furan rings is 1. The summed E-state index contributed by atoms with van der Waals surface area (Å²) in [4.78, 5) is 13.2. The van der Waals surface area contributed by atoms with Crippen LogP contribution in [0.25, 0.3) is 0 Å². The Morgan fingerprint density at radius 2 is 2.17 bits per heavy atom. The van der Waals surface area contributed by atoms with Gasteiger partial charge in [-0.1, -0.05) is 18.2 Å². The second-order valence-corrected chi connectivity index (χ2v) is 4.36. The summed E-state index contributed by atoms with van der Waals surface area (Å²) in [6.45, 7) is 1.41. The number of nitrogens with zero attached hydrogens (tertiary/aromatic N) is 1. The SMILES string of the molecule is O=C(O)c1ccoc1CN1CCc2ccccc21. The second kappa shape index (κ2) is 4.22. The van der Waals surface area contributed by atoms with E-state index in [1.54, 1.807) is 0 Å². The molecule has 2 aromatic rings. The van der Waals surface area contributed by atoms with Gasteiger partial charge >= 0.3 is 5.97 Å². The van der Waals surface area contributed by atoms with E-state index in [1.165, 1.54) is 23.6 Å². The molecule has 18 heavy (non-hydrogen) atoms. The van der Waals surface area contributed by atoms with Crippen molar-refractivity contribution in [1.29, 1.82) is 0 Å². The monoisotopic (exact) mass is 243 g/mol. The molecule has 0 radical (unpaired) electrons. The summed E-state index contributed by atoms with van der Waals surface area (Å²) in [7, 11) is 0. The average molecular weight is 243 g/mol. The van der Waals surface area contributed by atoms with E-state index in [0.29, 0.717) is 12.3 Å². The van der Waals surface area contributed by atoms with Gasteiger partial charge < -0.3 is 14.4 Å². The van der Waals surface area contributed by atoms with Gasteiger partial charge in [0.2, 0.25) is 0 Å². The number of hydrogen-bond donors (Lipinski definition) is 1. The smallest absolute Gasteiger partial charge is 0.339 e. The Bertz CT molecular complexity index is 588. The van der Waals surface area contributed by atoms with Crippen molar-refractivity contribution in [3.05, 3.63) is 53.5 Å². The number of fused-ring (bicyclic) bond motifs is 1. The highest BCUT2D eigenvalue weighted by Gasteiger charge is 2.22. The van der Waals surface area contributed by atoms with E-state index in [-0.39, 0.29) is 5.56 Å². The van der Waals surface area contributed by atoms with Crippen molar-refractivity contribution in [3.63, 3.8) is 0 Å². The summed E-state index contributed by atoms with van der Waals surface area (Å²) in [5, 5.41) is 9.05. The van der Waals surface area contributed by atoms with E-state index < -0.39 is 5.97 Å². The van der Waals surface area contributed by atoms with Crippen LogP contribution in [0, 0.1) is 0 Å². The van der Waals surface area contributed by atoms with Crippen molar-refractivity contribution in [1.82, 2.24) is 0 Å². The van der Waals surface area contributed by atoms with Crippen LogP contribution < -0.4 is 4.90 Å². The molecule has 0 atom stereocenters. The minimum atomic E-state index is -0.939. The van der Waals surface area contributed by atoms with Gasteiger partial charge in [0.1, 0.15) is 11.3 Å². The third kappa shape index (κ3) is 1.76. The molecule has 1 aliphatic rings. The van der Waals surface area contributed by atoms with E-state index in [9.17, 15) is 4.79 Å². The number of aromatic carboxylic acids is 1. The molecule has 1 aliphatic heterocycles. The number of benzene rings is 1. The lowest BCUT2D eigenvalue weighted by Crippen LogP contribution is -2.20. The summed E-state index contributed by atoms with van der Waals surface area (Å²) < 4.78 is 5.28. The number of carbonyl (C=O) groups is 1. The van der Waals surface area contributed by atoms with E-state index in [1.807, 2.05) is 12.1 Å². The Morgan fingerprint density at radius 1 is 1.33 bits per heavy atom. The van der Waals surface area contributed by atoms with Crippen LogP contribution in [0.4, 0.5) is 5.69 Å².